The highest BCUT2D eigenvalue weighted by molar-refractivity contribution is 6.32. The second-order valence-electron chi connectivity index (χ2n) is 6.43. The minimum Gasteiger partial charge on any atom is -0.338 e. The normalized spacial score (nSPS) is 18.9. The first-order valence-corrected chi connectivity index (χ1v) is 8.27. The van der Waals surface area contributed by atoms with Gasteiger partial charge in [-0.3, -0.25) is 9.78 Å². The summed E-state index contributed by atoms with van der Waals surface area (Å²) in [6.45, 7) is 6.12. The van der Waals surface area contributed by atoms with Gasteiger partial charge in [0.2, 0.25) is 0 Å². The molecule has 1 unspecified atom stereocenters. The van der Waals surface area contributed by atoms with E-state index < -0.39 is 0 Å². The number of piperidine rings is 1. The monoisotopic (exact) mass is 316 g/mol. The van der Waals surface area contributed by atoms with Gasteiger partial charge >= 0.3 is 0 Å². The van der Waals surface area contributed by atoms with Crippen molar-refractivity contribution in [2.45, 2.75) is 26.7 Å². The summed E-state index contributed by atoms with van der Waals surface area (Å²) in [6.07, 6.45) is 4.00. The standard InChI is InChI=1S/C18H21ClN2O/c1-12(2)14-6-4-8-21(11-14)18(22)16-10-15(19)9-13-5-3-7-20-17(13)16/h3,5,7,9-10,12,14H,4,6,8,11H2,1-2H3. The number of aromatic nitrogens is 1. The highest BCUT2D eigenvalue weighted by Crippen LogP contribution is 2.27. The van der Waals surface area contributed by atoms with Crippen LogP contribution in [-0.4, -0.2) is 28.9 Å². The predicted molar refractivity (Wildman–Crippen MR) is 90.2 cm³/mol. The molecule has 3 rings (SSSR count). The first-order valence-electron chi connectivity index (χ1n) is 7.90. The molecule has 1 aliphatic rings. The van der Waals surface area contributed by atoms with Gasteiger partial charge in [-0.1, -0.05) is 31.5 Å². The topological polar surface area (TPSA) is 33.2 Å². The minimum absolute atomic E-state index is 0.0524. The predicted octanol–water partition coefficient (Wildman–Crippen LogP) is 4.40. The number of fused-ring (bicyclic) bond motifs is 1. The number of halogens is 1. The van der Waals surface area contributed by atoms with Crippen molar-refractivity contribution < 1.29 is 4.79 Å². The highest BCUT2D eigenvalue weighted by atomic mass is 35.5. The summed E-state index contributed by atoms with van der Waals surface area (Å²) in [6, 6.07) is 7.41. The molecule has 0 bridgehead atoms. The Labute approximate surface area is 136 Å². The van der Waals surface area contributed by atoms with Crippen LogP contribution < -0.4 is 0 Å². The van der Waals surface area contributed by atoms with E-state index in [1.54, 1.807) is 12.3 Å². The largest absolute Gasteiger partial charge is 0.338 e. The van der Waals surface area contributed by atoms with E-state index in [2.05, 4.69) is 18.8 Å². The average molecular weight is 317 g/mol. The summed E-state index contributed by atoms with van der Waals surface area (Å²) >= 11 is 6.19. The van der Waals surface area contributed by atoms with Gasteiger partial charge in [0.25, 0.3) is 5.91 Å². The van der Waals surface area contributed by atoms with Crippen molar-refractivity contribution in [1.29, 1.82) is 0 Å². The van der Waals surface area contributed by atoms with E-state index in [1.807, 2.05) is 23.1 Å². The number of hydrogen-bond donors (Lipinski definition) is 0. The Hall–Kier alpha value is -1.61. The summed E-state index contributed by atoms with van der Waals surface area (Å²) in [5, 5.41) is 1.50. The smallest absolute Gasteiger partial charge is 0.256 e. The molecule has 22 heavy (non-hydrogen) atoms. The first-order chi connectivity index (χ1) is 10.6. The van der Waals surface area contributed by atoms with E-state index in [-0.39, 0.29) is 5.91 Å². The quantitative estimate of drug-likeness (QED) is 0.823. The maximum absolute atomic E-state index is 13.0. The summed E-state index contributed by atoms with van der Waals surface area (Å²) in [5.41, 5.74) is 1.36. The SMILES string of the molecule is CC(C)C1CCCN(C(=O)c2cc(Cl)cc3cccnc23)C1. The van der Waals surface area contributed by atoms with Crippen LogP contribution >= 0.6 is 11.6 Å². The number of pyridine rings is 1. The Bertz CT molecular complexity index is 699. The van der Waals surface area contributed by atoms with Crippen LogP contribution in [-0.2, 0) is 0 Å². The maximum Gasteiger partial charge on any atom is 0.256 e. The van der Waals surface area contributed by atoms with Gasteiger partial charge < -0.3 is 4.90 Å². The van der Waals surface area contributed by atoms with Gasteiger partial charge in [-0.25, -0.2) is 0 Å². The Morgan fingerprint density at radius 1 is 1.41 bits per heavy atom. The van der Waals surface area contributed by atoms with E-state index in [1.165, 1.54) is 6.42 Å². The number of carbonyl (C=O) groups is 1. The zero-order chi connectivity index (χ0) is 15.7. The van der Waals surface area contributed by atoms with E-state index >= 15 is 0 Å². The number of rotatable bonds is 2. The molecule has 1 aliphatic heterocycles. The van der Waals surface area contributed by atoms with E-state index in [0.29, 0.717) is 22.4 Å². The van der Waals surface area contributed by atoms with Crippen LogP contribution in [0.4, 0.5) is 0 Å². The Morgan fingerprint density at radius 3 is 3.00 bits per heavy atom. The molecule has 1 fully saturated rings. The van der Waals surface area contributed by atoms with Gasteiger partial charge in [0.1, 0.15) is 0 Å². The number of benzene rings is 1. The molecular formula is C18H21ClN2O. The third kappa shape index (κ3) is 2.95. The third-order valence-electron chi connectivity index (χ3n) is 4.59. The van der Waals surface area contributed by atoms with E-state index in [0.717, 1.165) is 30.4 Å². The minimum atomic E-state index is 0.0524. The van der Waals surface area contributed by atoms with E-state index in [9.17, 15) is 4.79 Å². The van der Waals surface area contributed by atoms with Crippen molar-refractivity contribution in [3.05, 3.63) is 41.0 Å². The lowest BCUT2D eigenvalue weighted by Crippen LogP contribution is -2.41. The summed E-state index contributed by atoms with van der Waals surface area (Å²) in [7, 11) is 0. The van der Waals surface area contributed by atoms with Crippen molar-refractivity contribution in [1.82, 2.24) is 9.88 Å². The zero-order valence-electron chi connectivity index (χ0n) is 13.1. The molecule has 2 heterocycles. The van der Waals surface area contributed by atoms with Crippen molar-refractivity contribution in [3.63, 3.8) is 0 Å². The molecule has 1 aromatic carbocycles. The molecule has 4 heteroatoms. The molecule has 1 atom stereocenters. The van der Waals surface area contributed by atoms with Crippen LogP contribution in [0.3, 0.4) is 0 Å². The molecule has 1 aromatic heterocycles. The van der Waals surface area contributed by atoms with Crippen LogP contribution in [0, 0.1) is 11.8 Å². The summed E-state index contributed by atoms with van der Waals surface area (Å²) in [5.74, 6) is 1.23. The zero-order valence-corrected chi connectivity index (χ0v) is 13.8. The van der Waals surface area contributed by atoms with E-state index in [4.69, 9.17) is 11.6 Å². The molecule has 116 valence electrons. The summed E-state index contributed by atoms with van der Waals surface area (Å²) in [4.78, 5) is 19.3. The van der Waals surface area contributed by atoms with Crippen molar-refractivity contribution in [2.75, 3.05) is 13.1 Å². The molecule has 2 aromatic rings. The van der Waals surface area contributed by atoms with Gasteiger partial charge in [0.15, 0.2) is 0 Å². The van der Waals surface area contributed by atoms with Gasteiger partial charge in [-0.05, 0) is 42.9 Å². The van der Waals surface area contributed by atoms with Crippen LogP contribution in [0.15, 0.2) is 30.5 Å². The van der Waals surface area contributed by atoms with Crippen LogP contribution in [0.2, 0.25) is 5.02 Å². The molecule has 0 spiro atoms. The van der Waals surface area contributed by atoms with Crippen molar-refractivity contribution in [2.24, 2.45) is 11.8 Å². The van der Waals surface area contributed by atoms with Crippen molar-refractivity contribution >= 4 is 28.4 Å². The second kappa shape index (κ2) is 6.25. The fourth-order valence-electron chi connectivity index (χ4n) is 3.23. The Balaban J connectivity index is 1.95. The van der Waals surface area contributed by atoms with Crippen LogP contribution in [0.5, 0.6) is 0 Å². The number of nitrogens with zero attached hydrogens (tertiary/aromatic N) is 2. The van der Waals surface area contributed by atoms with Crippen LogP contribution in [0.25, 0.3) is 10.9 Å². The number of hydrogen-bond acceptors (Lipinski definition) is 2. The van der Waals surface area contributed by atoms with Crippen LogP contribution in [0.1, 0.15) is 37.0 Å². The summed E-state index contributed by atoms with van der Waals surface area (Å²) < 4.78 is 0. The Morgan fingerprint density at radius 2 is 2.23 bits per heavy atom. The molecule has 1 saturated heterocycles. The molecule has 0 radical (unpaired) electrons. The number of amides is 1. The van der Waals surface area contributed by atoms with Gasteiger partial charge in [0.05, 0.1) is 11.1 Å². The van der Waals surface area contributed by atoms with Crippen molar-refractivity contribution in [3.8, 4) is 0 Å². The highest BCUT2D eigenvalue weighted by Gasteiger charge is 2.27. The fraction of sp³-hybridized carbons (Fsp3) is 0.444. The lowest BCUT2D eigenvalue weighted by Gasteiger charge is -2.35. The number of likely N-dealkylation sites (tertiary alicyclic amines) is 1. The lowest BCUT2D eigenvalue weighted by molar-refractivity contribution is 0.0643. The molecule has 3 nitrogen and oxygen atoms in total. The maximum atomic E-state index is 13.0. The lowest BCUT2D eigenvalue weighted by atomic mass is 9.87. The molecule has 1 amide bonds. The third-order valence-corrected chi connectivity index (χ3v) is 4.81. The second-order valence-corrected chi connectivity index (χ2v) is 6.86. The van der Waals surface area contributed by atoms with Gasteiger partial charge in [0, 0.05) is 29.7 Å². The number of carbonyl (C=O) groups excluding carboxylic acids is 1. The molecule has 0 N–H and O–H groups in total. The fourth-order valence-corrected chi connectivity index (χ4v) is 3.45. The Kier molecular flexibility index (Phi) is 4.34. The molecule has 0 saturated carbocycles. The molecule has 0 aliphatic carbocycles. The molecular weight excluding hydrogens is 296 g/mol. The first kappa shape index (κ1) is 15.3. The van der Waals surface area contributed by atoms with Gasteiger partial charge in [-0.15, -0.1) is 0 Å². The van der Waals surface area contributed by atoms with Gasteiger partial charge in [-0.2, -0.15) is 0 Å². The average Bonchev–Trinajstić information content (AvgIpc) is 2.53.